The van der Waals surface area contributed by atoms with E-state index in [9.17, 15) is 4.79 Å². The van der Waals surface area contributed by atoms with Crippen LogP contribution in [0.25, 0.3) is 10.9 Å². The molecule has 0 saturated carbocycles. The molecule has 0 aliphatic heterocycles. The predicted molar refractivity (Wildman–Crippen MR) is 55.8 cm³/mol. The highest BCUT2D eigenvalue weighted by molar-refractivity contribution is 5.95. The molecular weight excluding hydrogens is 194 g/mol. The second-order valence-corrected chi connectivity index (χ2v) is 3.06. The Morgan fingerprint density at radius 2 is 2.00 bits per heavy atom. The van der Waals surface area contributed by atoms with Crippen LogP contribution in [0.3, 0.4) is 0 Å². The average molecular weight is 205 g/mol. The second kappa shape index (κ2) is 3.65. The molecule has 78 valence electrons. The van der Waals surface area contributed by atoms with Gasteiger partial charge in [0.2, 0.25) is 0 Å². The maximum atomic E-state index is 11.4. The minimum Gasteiger partial charge on any atom is -0.464 e. The van der Waals surface area contributed by atoms with Gasteiger partial charge in [-0.2, -0.15) is 4.73 Å². The zero-order valence-corrected chi connectivity index (χ0v) is 8.56. The van der Waals surface area contributed by atoms with Crippen molar-refractivity contribution in [2.75, 3.05) is 14.2 Å². The van der Waals surface area contributed by atoms with Crippen molar-refractivity contribution in [3.63, 3.8) is 0 Å². The van der Waals surface area contributed by atoms with Gasteiger partial charge in [0, 0.05) is 5.39 Å². The summed E-state index contributed by atoms with van der Waals surface area (Å²) in [7, 11) is 2.86. The molecule has 4 nitrogen and oxygen atoms in total. The molecule has 0 aliphatic carbocycles. The van der Waals surface area contributed by atoms with E-state index < -0.39 is 5.97 Å². The molecule has 0 atom stereocenters. The van der Waals surface area contributed by atoms with Gasteiger partial charge < -0.3 is 9.57 Å². The van der Waals surface area contributed by atoms with E-state index in [1.54, 1.807) is 6.07 Å². The fourth-order valence-electron chi connectivity index (χ4n) is 1.57. The number of aromatic nitrogens is 1. The van der Waals surface area contributed by atoms with E-state index in [-0.39, 0.29) is 0 Å². The molecular formula is C11H11NO3. The molecule has 0 N–H and O–H groups in total. The first-order valence-electron chi connectivity index (χ1n) is 4.51. The molecule has 0 saturated heterocycles. The Balaban J connectivity index is 2.69. The first-order valence-corrected chi connectivity index (χ1v) is 4.51. The number of benzene rings is 1. The van der Waals surface area contributed by atoms with Crippen molar-refractivity contribution in [1.82, 2.24) is 4.73 Å². The molecule has 0 spiro atoms. The van der Waals surface area contributed by atoms with Crippen molar-refractivity contribution in [3.8, 4) is 0 Å². The van der Waals surface area contributed by atoms with Gasteiger partial charge in [-0.15, -0.1) is 0 Å². The zero-order chi connectivity index (χ0) is 10.8. The van der Waals surface area contributed by atoms with E-state index in [1.807, 2.05) is 24.3 Å². The Kier molecular flexibility index (Phi) is 2.33. The fraction of sp³-hybridized carbons (Fsp3) is 0.182. The third-order valence-electron chi connectivity index (χ3n) is 2.24. The lowest BCUT2D eigenvalue weighted by molar-refractivity contribution is 0.0550. The highest BCUT2D eigenvalue weighted by Gasteiger charge is 2.15. The molecule has 1 heterocycles. The van der Waals surface area contributed by atoms with Gasteiger partial charge in [0.25, 0.3) is 0 Å². The van der Waals surface area contributed by atoms with Gasteiger partial charge in [0.1, 0.15) is 7.11 Å². The summed E-state index contributed by atoms with van der Waals surface area (Å²) in [5, 5.41) is 0.944. The van der Waals surface area contributed by atoms with Gasteiger partial charge in [0.05, 0.1) is 12.6 Å². The van der Waals surface area contributed by atoms with Crippen LogP contribution in [0.15, 0.2) is 30.3 Å². The minimum absolute atomic E-state index is 0.390. The van der Waals surface area contributed by atoms with Crippen LogP contribution in [-0.2, 0) is 4.74 Å². The lowest BCUT2D eigenvalue weighted by Gasteiger charge is -2.05. The molecule has 4 heteroatoms. The number of rotatable bonds is 2. The number of nitrogens with zero attached hydrogens (tertiary/aromatic N) is 1. The van der Waals surface area contributed by atoms with Crippen molar-refractivity contribution >= 4 is 16.9 Å². The van der Waals surface area contributed by atoms with Crippen LogP contribution in [0.2, 0.25) is 0 Å². The lowest BCUT2D eigenvalue weighted by atomic mass is 10.2. The molecule has 0 radical (unpaired) electrons. The zero-order valence-electron chi connectivity index (χ0n) is 8.56. The summed E-state index contributed by atoms with van der Waals surface area (Å²) in [5.74, 6) is -0.409. The molecule has 0 amide bonds. The van der Waals surface area contributed by atoms with Crippen molar-refractivity contribution in [2.45, 2.75) is 0 Å². The summed E-state index contributed by atoms with van der Waals surface area (Å²) in [4.78, 5) is 16.6. The van der Waals surface area contributed by atoms with Gasteiger partial charge >= 0.3 is 5.97 Å². The van der Waals surface area contributed by atoms with Gasteiger partial charge in [-0.25, -0.2) is 4.79 Å². The number of ether oxygens (including phenoxy) is 1. The van der Waals surface area contributed by atoms with E-state index in [0.29, 0.717) is 5.69 Å². The highest BCUT2D eigenvalue weighted by Crippen LogP contribution is 2.18. The third-order valence-corrected chi connectivity index (χ3v) is 2.24. The molecule has 0 fully saturated rings. The Morgan fingerprint density at radius 1 is 1.27 bits per heavy atom. The van der Waals surface area contributed by atoms with Gasteiger partial charge in [0.15, 0.2) is 5.69 Å². The topological polar surface area (TPSA) is 40.5 Å². The van der Waals surface area contributed by atoms with Gasteiger partial charge in [-0.1, -0.05) is 18.2 Å². The van der Waals surface area contributed by atoms with Crippen molar-refractivity contribution < 1.29 is 14.4 Å². The number of carbonyl (C=O) groups excluding carboxylic acids is 1. The maximum Gasteiger partial charge on any atom is 0.358 e. The summed E-state index contributed by atoms with van der Waals surface area (Å²) in [5.41, 5.74) is 1.24. The van der Waals surface area contributed by atoms with Crippen LogP contribution in [0.4, 0.5) is 0 Å². The van der Waals surface area contributed by atoms with Crippen LogP contribution in [0, 0.1) is 0 Å². The number of carbonyl (C=O) groups is 1. The van der Waals surface area contributed by atoms with E-state index in [2.05, 4.69) is 4.74 Å². The third kappa shape index (κ3) is 1.44. The van der Waals surface area contributed by atoms with Crippen LogP contribution in [0.5, 0.6) is 0 Å². The number of hydrogen-bond donors (Lipinski definition) is 0. The van der Waals surface area contributed by atoms with Crippen LogP contribution in [-0.4, -0.2) is 24.9 Å². The molecule has 1 aromatic carbocycles. The molecule has 2 rings (SSSR count). The van der Waals surface area contributed by atoms with Gasteiger partial charge in [-0.3, -0.25) is 0 Å². The molecule has 0 bridgehead atoms. The molecule has 0 unspecified atom stereocenters. The Morgan fingerprint density at radius 3 is 2.67 bits per heavy atom. The minimum atomic E-state index is -0.409. The molecule has 1 aromatic heterocycles. The van der Waals surface area contributed by atoms with Crippen LogP contribution < -0.4 is 4.84 Å². The van der Waals surface area contributed by atoms with Crippen molar-refractivity contribution in [3.05, 3.63) is 36.0 Å². The summed E-state index contributed by atoms with van der Waals surface area (Å²) in [6.45, 7) is 0. The normalized spacial score (nSPS) is 10.3. The highest BCUT2D eigenvalue weighted by atomic mass is 16.6. The molecule has 0 aliphatic rings. The second-order valence-electron chi connectivity index (χ2n) is 3.06. The monoisotopic (exact) mass is 205 g/mol. The van der Waals surface area contributed by atoms with E-state index in [1.165, 1.54) is 19.0 Å². The van der Waals surface area contributed by atoms with E-state index in [0.717, 1.165) is 10.9 Å². The first kappa shape index (κ1) is 9.58. The summed E-state index contributed by atoms with van der Waals surface area (Å²) in [6.07, 6.45) is 0. The quantitative estimate of drug-likeness (QED) is 0.697. The van der Waals surface area contributed by atoms with E-state index >= 15 is 0 Å². The fourth-order valence-corrected chi connectivity index (χ4v) is 1.57. The molecule has 15 heavy (non-hydrogen) atoms. The number of fused-ring (bicyclic) bond motifs is 1. The van der Waals surface area contributed by atoms with E-state index in [4.69, 9.17) is 4.84 Å². The smallest absolute Gasteiger partial charge is 0.358 e. The molecule has 2 aromatic rings. The summed E-state index contributed by atoms with van der Waals surface area (Å²) < 4.78 is 6.13. The maximum absolute atomic E-state index is 11.4. The van der Waals surface area contributed by atoms with Crippen molar-refractivity contribution in [2.24, 2.45) is 0 Å². The number of methoxy groups -OCH3 is 1. The standard InChI is InChI=1S/C11H11NO3/c1-14-11(13)10-7-8-5-3-4-6-9(8)12(10)15-2/h3-7H,1-2H3. The van der Waals surface area contributed by atoms with Crippen molar-refractivity contribution in [1.29, 1.82) is 0 Å². The van der Waals surface area contributed by atoms with Gasteiger partial charge in [-0.05, 0) is 12.1 Å². The SMILES string of the molecule is COC(=O)c1cc2ccccc2n1OC. The largest absolute Gasteiger partial charge is 0.464 e. The predicted octanol–water partition coefficient (Wildman–Crippen LogP) is 1.49. The Hall–Kier alpha value is -1.97. The number of para-hydroxylation sites is 1. The Labute approximate surface area is 87.0 Å². The Bertz CT molecular complexity index is 502. The summed E-state index contributed by atoms with van der Waals surface area (Å²) in [6, 6.07) is 9.33. The lowest BCUT2D eigenvalue weighted by Crippen LogP contribution is -2.14. The number of esters is 1. The summed E-state index contributed by atoms with van der Waals surface area (Å²) >= 11 is 0. The first-order chi connectivity index (χ1) is 7.27. The van der Waals surface area contributed by atoms with Crippen LogP contribution >= 0.6 is 0 Å². The average Bonchev–Trinajstić information content (AvgIpc) is 2.66. The van der Waals surface area contributed by atoms with Crippen LogP contribution in [0.1, 0.15) is 10.5 Å². The number of hydrogen-bond acceptors (Lipinski definition) is 3.